The lowest BCUT2D eigenvalue weighted by molar-refractivity contribution is 0.144. The van der Waals surface area contributed by atoms with Crippen LogP contribution in [0.25, 0.3) is 0 Å². The second-order valence-corrected chi connectivity index (χ2v) is 5.46. The molecule has 16 heavy (non-hydrogen) atoms. The molecule has 1 saturated carbocycles. The lowest BCUT2D eigenvalue weighted by Gasteiger charge is -2.22. The van der Waals surface area contributed by atoms with Gasteiger partial charge >= 0.3 is 0 Å². The number of nitrogens with one attached hydrogen (secondary N) is 1. The predicted octanol–water partition coefficient (Wildman–Crippen LogP) is 3.01. The minimum Gasteiger partial charge on any atom is -0.392 e. The Hall–Kier alpha value is -0.380. The molecule has 3 atom stereocenters. The standard InChI is InChI=1S/C13H18BrNO/c1-9(10-4-2-5-11(14)8-10)15-12-6-3-7-13(12)16/h2,4-5,8-9,12-13,15-16H,3,6-7H2,1H3/t9-,12-,13-/m0/s1. The van der Waals surface area contributed by atoms with E-state index < -0.39 is 0 Å². The lowest BCUT2D eigenvalue weighted by Crippen LogP contribution is -2.37. The van der Waals surface area contributed by atoms with Crippen LogP contribution in [0, 0.1) is 0 Å². The van der Waals surface area contributed by atoms with Crippen molar-refractivity contribution in [1.82, 2.24) is 5.32 Å². The Morgan fingerprint density at radius 3 is 2.88 bits per heavy atom. The maximum Gasteiger partial charge on any atom is 0.0693 e. The topological polar surface area (TPSA) is 32.3 Å². The maximum absolute atomic E-state index is 9.77. The van der Waals surface area contributed by atoms with Crippen molar-refractivity contribution in [3.05, 3.63) is 34.3 Å². The molecule has 0 unspecified atom stereocenters. The van der Waals surface area contributed by atoms with Gasteiger partial charge in [-0.15, -0.1) is 0 Å². The van der Waals surface area contributed by atoms with E-state index in [0.29, 0.717) is 0 Å². The summed E-state index contributed by atoms with van der Waals surface area (Å²) in [7, 11) is 0. The van der Waals surface area contributed by atoms with Gasteiger partial charge in [0.2, 0.25) is 0 Å². The maximum atomic E-state index is 9.77. The summed E-state index contributed by atoms with van der Waals surface area (Å²) in [6.45, 7) is 2.15. The molecule has 2 rings (SSSR count). The largest absolute Gasteiger partial charge is 0.392 e. The first-order chi connectivity index (χ1) is 7.66. The lowest BCUT2D eigenvalue weighted by atomic mass is 10.1. The Bertz CT molecular complexity index is 356. The number of hydrogen-bond acceptors (Lipinski definition) is 2. The minimum atomic E-state index is -0.172. The Morgan fingerprint density at radius 2 is 2.25 bits per heavy atom. The van der Waals surface area contributed by atoms with Gasteiger partial charge in [-0.3, -0.25) is 0 Å². The van der Waals surface area contributed by atoms with Crippen molar-refractivity contribution < 1.29 is 5.11 Å². The van der Waals surface area contributed by atoms with Crippen molar-refractivity contribution >= 4 is 15.9 Å². The van der Waals surface area contributed by atoms with Crippen LogP contribution in [0.2, 0.25) is 0 Å². The van der Waals surface area contributed by atoms with Gasteiger partial charge < -0.3 is 10.4 Å². The van der Waals surface area contributed by atoms with Crippen LogP contribution < -0.4 is 5.32 Å². The molecule has 88 valence electrons. The third-order valence-corrected chi connectivity index (χ3v) is 3.79. The van der Waals surface area contributed by atoms with Crippen LogP contribution in [0.15, 0.2) is 28.7 Å². The third kappa shape index (κ3) is 2.84. The highest BCUT2D eigenvalue weighted by Gasteiger charge is 2.26. The van der Waals surface area contributed by atoms with Gasteiger partial charge in [0.15, 0.2) is 0 Å². The van der Waals surface area contributed by atoms with Crippen LogP contribution in [-0.2, 0) is 0 Å². The first-order valence-electron chi connectivity index (χ1n) is 5.86. The molecule has 1 aliphatic rings. The zero-order chi connectivity index (χ0) is 11.5. The fraction of sp³-hybridized carbons (Fsp3) is 0.538. The highest BCUT2D eigenvalue weighted by Crippen LogP contribution is 2.23. The Labute approximate surface area is 105 Å². The van der Waals surface area contributed by atoms with Crippen LogP contribution in [0.3, 0.4) is 0 Å². The predicted molar refractivity (Wildman–Crippen MR) is 69.3 cm³/mol. The zero-order valence-corrected chi connectivity index (χ0v) is 11.1. The summed E-state index contributed by atoms with van der Waals surface area (Å²) < 4.78 is 1.10. The molecule has 0 aliphatic heterocycles. The van der Waals surface area contributed by atoms with Crippen molar-refractivity contribution in [2.75, 3.05) is 0 Å². The van der Waals surface area contributed by atoms with Crippen molar-refractivity contribution in [1.29, 1.82) is 0 Å². The number of aliphatic hydroxyl groups excluding tert-OH is 1. The number of aliphatic hydroxyl groups is 1. The molecule has 1 aliphatic carbocycles. The molecule has 3 heteroatoms. The average molecular weight is 284 g/mol. The SMILES string of the molecule is C[C@H](N[C@H]1CCC[C@@H]1O)c1cccc(Br)c1. The first kappa shape index (κ1) is 12.1. The van der Waals surface area contributed by atoms with Crippen molar-refractivity contribution in [2.24, 2.45) is 0 Å². The fourth-order valence-corrected chi connectivity index (χ4v) is 2.75. The van der Waals surface area contributed by atoms with E-state index in [1.165, 1.54) is 5.56 Å². The van der Waals surface area contributed by atoms with E-state index in [9.17, 15) is 5.11 Å². The molecule has 0 saturated heterocycles. The van der Waals surface area contributed by atoms with Crippen LogP contribution >= 0.6 is 15.9 Å². The fourth-order valence-electron chi connectivity index (χ4n) is 2.33. The first-order valence-corrected chi connectivity index (χ1v) is 6.65. The molecule has 0 heterocycles. The molecule has 1 aromatic rings. The second kappa shape index (κ2) is 5.30. The Morgan fingerprint density at radius 1 is 1.44 bits per heavy atom. The van der Waals surface area contributed by atoms with Gasteiger partial charge in [0.1, 0.15) is 0 Å². The molecule has 1 aromatic carbocycles. The Kier molecular flexibility index (Phi) is 4.00. The van der Waals surface area contributed by atoms with Gasteiger partial charge in [0.05, 0.1) is 6.10 Å². The molecular formula is C13H18BrNO. The van der Waals surface area contributed by atoms with E-state index in [0.717, 1.165) is 23.7 Å². The third-order valence-electron chi connectivity index (χ3n) is 3.29. The van der Waals surface area contributed by atoms with Crippen LogP contribution in [0.4, 0.5) is 0 Å². The summed E-state index contributed by atoms with van der Waals surface area (Å²) in [5, 5.41) is 13.3. The molecule has 0 amide bonds. The molecule has 1 fully saturated rings. The van der Waals surface area contributed by atoms with Crippen molar-refractivity contribution in [3.63, 3.8) is 0 Å². The summed E-state index contributed by atoms with van der Waals surface area (Å²) in [6, 6.07) is 8.86. The van der Waals surface area contributed by atoms with E-state index >= 15 is 0 Å². The van der Waals surface area contributed by atoms with Crippen LogP contribution in [0.1, 0.15) is 37.8 Å². The van der Waals surface area contributed by atoms with Gasteiger partial charge in [-0.25, -0.2) is 0 Å². The molecule has 0 bridgehead atoms. The van der Waals surface area contributed by atoms with Gasteiger partial charge in [-0.2, -0.15) is 0 Å². The van der Waals surface area contributed by atoms with Gasteiger partial charge in [-0.05, 0) is 43.9 Å². The Balaban J connectivity index is 1.99. The smallest absolute Gasteiger partial charge is 0.0693 e. The molecule has 0 spiro atoms. The summed E-state index contributed by atoms with van der Waals surface area (Å²) in [5.41, 5.74) is 1.26. The number of benzene rings is 1. The zero-order valence-electron chi connectivity index (χ0n) is 9.49. The monoisotopic (exact) mass is 283 g/mol. The van der Waals surface area contributed by atoms with Crippen molar-refractivity contribution in [2.45, 2.75) is 44.4 Å². The number of halogens is 1. The normalized spacial score (nSPS) is 26.9. The number of rotatable bonds is 3. The summed E-state index contributed by atoms with van der Waals surface area (Å²) in [4.78, 5) is 0. The van der Waals surface area contributed by atoms with Crippen molar-refractivity contribution in [3.8, 4) is 0 Å². The second-order valence-electron chi connectivity index (χ2n) is 4.55. The van der Waals surface area contributed by atoms with Gasteiger partial charge in [0.25, 0.3) is 0 Å². The van der Waals surface area contributed by atoms with Crippen LogP contribution in [0.5, 0.6) is 0 Å². The minimum absolute atomic E-state index is 0.172. The summed E-state index contributed by atoms with van der Waals surface area (Å²) in [6.07, 6.45) is 2.97. The molecule has 0 aromatic heterocycles. The quantitative estimate of drug-likeness (QED) is 0.894. The van der Waals surface area contributed by atoms with E-state index in [4.69, 9.17) is 0 Å². The van der Waals surface area contributed by atoms with E-state index in [-0.39, 0.29) is 18.2 Å². The molecular weight excluding hydrogens is 266 g/mol. The highest BCUT2D eigenvalue weighted by atomic mass is 79.9. The molecule has 0 radical (unpaired) electrons. The summed E-state index contributed by atoms with van der Waals surface area (Å²) >= 11 is 3.48. The van der Waals surface area contributed by atoms with Gasteiger partial charge in [-0.1, -0.05) is 28.1 Å². The molecule has 2 nitrogen and oxygen atoms in total. The van der Waals surface area contributed by atoms with E-state index in [1.807, 2.05) is 12.1 Å². The van der Waals surface area contributed by atoms with E-state index in [2.05, 4.69) is 40.3 Å². The highest BCUT2D eigenvalue weighted by molar-refractivity contribution is 9.10. The average Bonchev–Trinajstić information content (AvgIpc) is 2.64. The van der Waals surface area contributed by atoms with Crippen LogP contribution in [-0.4, -0.2) is 17.3 Å². The molecule has 2 N–H and O–H groups in total. The summed E-state index contributed by atoms with van der Waals surface area (Å²) in [5.74, 6) is 0. The van der Waals surface area contributed by atoms with E-state index in [1.54, 1.807) is 0 Å². The van der Waals surface area contributed by atoms with Gasteiger partial charge in [0, 0.05) is 16.6 Å². The number of hydrogen-bond donors (Lipinski definition) is 2.